The standard InChI is InChI=1S/C17H28BN5O4/c1-16(2)17(3,4)27-18(26-16)12-9-20-15(21-10-12)23-8-7-22(6-5-19)13(11-23)14(24)25/h9-10,13H,5-8,11,19H2,1-4H3,(H,24,25)/t13-/m0/s1. The normalized spacial score (nSPS) is 25.0. The van der Waals surface area contributed by atoms with Crippen LogP contribution < -0.4 is 16.1 Å². The van der Waals surface area contributed by atoms with Gasteiger partial charge in [-0.05, 0) is 27.7 Å². The number of aromatic nitrogens is 2. The molecule has 2 fully saturated rings. The van der Waals surface area contributed by atoms with Gasteiger partial charge in [0.1, 0.15) is 6.04 Å². The first-order chi connectivity index (χ1) is 12.6. The van der Waals surface area contributed by atoms with Crippen LogP contribution in [0.4, 0.5) is 5.95 Å². The largest absolute Gasteiger partial charge is 0.498 e. The molecule has 1 aromatic heterocycles. The fourth-order valence-corrected chi connectivity index (χ4v) is 3.27. The zero-order valence-corrected chi connectivity index (χ0v) is 16.4. The van der Waals surface area contributed by atoms with Gasteiger partial charge in [-0.1, -0.05) is 0 Å². The molecule has 10 heteroatoms. The maximum atomic E-state index is 11.6. The lowest BCUT2D eigenvalue weighted by Gasteiger charge is -2.39. The van der Waals surface area contributed by atoms with Gasteiger partial charge in [-0.15, -0.1) is 0 Å². The van der Waals surface area contributed by atoms with E-state index >= 15 is 0 Å². The molecule has 148 valence electrons. The van der Waals surface area contributed by atoms with Crippen molar-refractivity contribution in [3.05, 3.63) is 12.4 Å². The van der Waals surface area contributed by atoms with E-state index in [1.54, 1.807) is 12.4 Å². The van der Waals surface area contributed by atoms with Crippen LogP contribution in [0.15, 0.2) is 12.4 Å². The highest BCUT2D eigenvalue weighted by atomic mass is 16.7. The van der Waals surface area contributed by atoms with Crippen LogP contribution in [0.1, 0.15) is 27.7 Å². The second-order valence-corrected chi connectivity index (χ2v) is 8.03. The molecule has 1 aromatic rings. The van der Waals surface area contributed by atoms with Gasteiger partial charge in [0.25, 0.3) is 0 Å². The topological polar surface area (TPSA) is 114 Å². The van der Waals surface area contributed by atoms with E-state index < -0.39 is 30.3 Å². The minimum atomic E-state index is -0.859. The Hall–Kier alpha value is -1.75. The molecule has 0 radical (unpaired) electrons. The zero-order valence-electron chi connectivity index (χ0n) is 16.4. The molecular formula is C17H28BN5O4. The predicted octanol–water partition coefficient (Wildman–Crippen LogP) is -0.690. The number of carboxylic acid groups (broad SMARTS) is 1. The third-order valence-electron chi connectivity index (χ3n) is 5.66. The van der Waals surface area contributed by atoms with E-state index in [0.717, 1.165) is 5.46 Å². The first kappa shape index (κ1) is 20.0. The van der Waals surface area contributed by atoms with Crippen molar-refractivity contribution >= 4 is 24.5 Å². The van der Waals surface area contributed by atoms with Crippen LogP contribution >= 0.6 is 0 Å². The summed E-state index contributed by atoms with van der Waals surface area (Å²) < 4.78 is 12.0. The third-order valence-corrected chi connectivity index (χ3v) is 5.66. The Kier molecular flexibility index (Phi) is 5.44. The molecule has 0 spiro atoms. The Bertz CT molecular complexity index is 668. The van der Waals surface area contributed by atoms with Crippen LogP contribution in [0, 0.1) is 0 Å². The Balaban J connectivity index is 1.70. The Labute approximate surface area is 160 Å². The van der Waals surface area contributed by atoms with Gasteiger partial charge in [0.15, 0.2) is 0 Å². The zero-order chi connectivity index (χ0) is 19.8. The number of rotatable bonds is 5. The van der Waals surface area contributed by atoms with Crippen LogP contribution in [-0.2, 0) is 14.1 Å². The van der Waals surface area contributed by atoms with Gasteiger partial charge in [0, 0.05) is 50.6 Å². The summed E-state index contributed by atoms with van der Waals surface area (Å²) in [5, 5.41) is 9.50. The molecule has 1 atom stereocenters. The van der Waals surface area contributed by atoms with Gasteiger partial charge in [0.2, 0.25) is 5.95 Å². The van der Waals surface area contributed by atoms with Crippen molar-refractivity contribution in [2.45, 2.75) is 44.9 Å². The average molecular weight is 377 g/mol. The number of piperazine rings is 1. The molecule has 2 aliphatic heterocycles. The number of carbonyl (C=O) groups is 1. The van der Waals surface area contributed by atoms with Crippen molar-refractivity contribution in [2.24, 2.45) is 5.73 Å². The van der Waals surface area contributed by atoms with E-state index in [4.69, 9.17) is 15.0 Å². The molecule has 0 aliphatic carbocycles. The predicted molar refractivity (Wildman–Crippen MR) is 102 cm³/mol. The Morgan fingerprint density at radius 3 is 2.37 bits per heavy atom. The van der Waals surface area contributed by atoms with Gasteiger partial charge in [0.05, 0.1) is 11.2 Å². The molecule has 27 heavy (non-hydrogen) atoms. The fourth-order valence-electron chi connectivity index (χ4n) is 3.27. The van der Waals surface area contributed by atoms with Crippen molar-refractivity contribution in [2.75, 3.05) is 37.6 Å². The number of hydrogen-bond donors (Lipinski definition) is 2. The van der Waals surface area contributed by atoms with Gasteiger partial charge >= 0.3 is 13.1 Å². The Morgan fingerprint density at radius 2 is 1.85 bits per heavy atom. The molecule has 0 amide bonds. The lowest BCUT2D eigenvalue weighted by molar-refractivity contribution is -0.143. The molecule has 3 N–H and O–H groups in total. The maximum absolute atomic E-state index is 11.6. The van der Waals surface area contributed by atoms with Crippen molar-refractivity contribution in [1.82, 2.24) is 14.9 Å². The number of hydrogen-bond acceptors (Lipinski definition) is 8. The maximum Gasteiger partial charge on any atom is 0.498 e. The number of carboxylic acids is 1. The molecule has 3 rings (SSSR count). The minimum Gasteiger partial charge on any atom is -0.480 e. The second kappa shape index (κ2) is 7.35. The van der Waals surface area contributed by atoms with Crippen LogP contribution in [0.5, 0.6) is 0 Å². The van der Waals surface area contributed by atoms with Crippen molar-refractivity contribution in [3.63, 3.8) is 0 Å². The lowest BCUT2D eigenvalue weighted by Crippen LogP contribution is -2.57. The molecule has 2 saturated heterocycles. The molecule has 0 bridgehead atoms. The molecular weight excluding hydrogens is 349 g/mol. The third kappa shape index (κ3) is 3.93. The number of nitrogens with two attached hydrogens (primary N) is 1. The van der Waals surface area contributed by atoms with Crippen molar-refractivity contribution in [3.8, 4) is 0 Å². The number of aliphatic carboxylic acids is 1. The highest BCUT2D eigenvalue weighted by Gasteiger charge is 2.52. The summed E-state index contributed by atoms with van der Waals surface area (Å²) in [6.07, 6.45) is 3.37. The summed E-state index contributed by atoms with van der Waals surface area (Å²) in [6, 6.07) is -0.617. The van der Waals surface area contributed by atoms with Crippen molar-refractivity contribution in [1.29, 1.82) is 0 Å². The van der Waals surface area contributed by atoms with Crippen LogP contribution in [0.3, 0.4) is 0 Å². The molecule has 0 unspecified atom stereocenters. The molecule has 0 saturated carbocycles. The SMILES string of the molecule is CC1(C)OB(c2cnc(N3CCN(CCN)[C@H](C(=O)O)C3)nc2)OC1(C)C. The van der Waals surface area contributed by atoms with E-state index in [0.29, 0.717) is 38.7 Å². The summed E-state index contributed by atoms with van der Waals surface area (Å²) >= 11 is 0. The number of nitrogens with zero attached hydrogens (tertiary/aromatic N) is 4. The highest BCUT2D eigenvalue weighted by Crippen LogP contribution is 2.36. The fraction of sp³-hybridized carbons (Fsp3) is 0.706. The monoisotopic (exact) mass is 377 g/mol. The second-order valence-electron chi connectivity index (χ2n) is 8.03. The van der Waals surface area contributed by atoms with Gasteiger partial charge in [-0.3, -0.25) is 9.69 Å². The van der Waals surface area contributed by atoms with Crippen LogP contribution in [0.25, 0.3) is 0 Å². The average Bonchev–Trinajstić information content (AvgIpc) is 2.83. The molecule has 2 aliphatic rings. The minimum absolute atomic E-state index is 0.325. The first-order valence-electron chi connectivity index (χ1n) is 9.24. The van der Waals surface area contributed by atoms with Gasteiger partial charge in [-0.25, -0.2) is 9.97 Å². The van der Waals surface area contributed by atoms with E-state index in [2.05, 4.69) is 9.97 Å². The van der Waals surface area contributed by atoms with E-state index in [-0.39, 0.29) is 0 Å². The van der Waals surface area contributed by atoms with Crippen molar-refractivity contribution < 1.29 is 19.2 Å². The first-order valence-corrected chi connectivity index (χ1v) is 9.24. The summed E-state index contributed by atoms with van der Waals surface area (Å²) in [4.78, 5) is 24.2. The molecule has 0 aromatic carbocycles. The lowest BCUT2D eigenvalue weighted by atomic mass is 9.81. The summed E-state index contributed by atoms with van der Waals surface area (Å²) in [5.41, 5.74) is 5.48. The van der Waals surface area contributed by atoms with Gasteiger partial charge in [-0.2, -0.15) is 0 Å². The van der Waals surface area contributed by atoms with Crippen LogP contribution in [0.2, 0.25) is 0 Å². The number of anilines is 1. The Morgan fingerprint density at radius 1 is 1.26 bits per heavy atom. The summed E-state index contributed by atoms with van der Waals surface area (Å²) in [7, 11) is -0.516. The highest BCUT2D eigenvalue weighted by molar-refractivity contribution is 6.61. The van der Waals surface area contributed by atoms with Crippen LogP contribution in [-0.4, -0.2) is 83.0 Å². The summed E-state index contributed by atoms with van der Waals surface area (Å²) in [5.74, 6) is -0.351. The van der Waals surface area contributed by atoms with E-state index in [1.807, 2.05) is 37.5 Å². The van der Waals surface area contributed by atoms with E-state index in [1.165, 1.54) is 0 Å². The quantitative estimate of drug-likeness (QED) is 0.644. The van der Waals surface area contributed by atoms with E-state index in [9.17, 15) is 9.90 Å². The molecule has 9 nitrogen and oxygen atoms in total. The van der Waals surface area contributed by atoms with Gasteiger partial charge < -0.3 is 25.0 Å². The summed E-state index contributed by atoms with van der Waals surface area (Å²) in [6.45, 7) is 10.6. The smallest absolute Gasteiger partial charge is 0.480 e. The molecule has 3 heterocycles.